The Bertz CT molecular complexity index is 1170. The number of amidine groups is 3. The van der Waals surface area contributed by atoms with Crippen LogP contribution in [0.4, 0.5) is 5.69 Å². The molecular formula is C19H15N5O4S2. The Hall–Kier alpha value is -3.18. The van der Waals surface area contributed by atoms with Crippen LogP contribution >= 0.6 is 23.7 Å². The van der Waals surface area contributed by atoms with Crippen LogP contribution in [0.2, 0.25) is 0 Å². The number of amides is 1. The number of hydrogen-bond donors (Lipinski definition) is 1. The zero-order chi connectivity index (χ0) is 21.4. The van der Waals surface area contributed by atoms with E-state index in [4.69, 9.17) is 9.83 Å². The molecule has 11 heteroatoms. The zero-order valence-electron chi connectivity index (χ0n) is 15.9. The van der Waals surface area contributed by atoms with Crippen molar-refractivity contribution in [1.82, 2.24) is 4.90 Å². The number of nitro benzene ring substituents is 1. The fraction of sp³-hybridized carbons (Fsp3) is 0.158. The van der Waals surface area contributed by atoms with Gasteiger partial charge in [0.05, 0.1) is 22.4 Å². The van der Waals surface area contributed by atoms with Crippen LogP contribution < -0.4 is 0 Å². The second-order valence-electron chi connectivity index (χ2n) is 6.58. The largest absolute Gasteiger partial charge is 0.457 e. The summed E-state index contributed by atoms with van der Waals surface area (Å²) in [6.07, 6.45) is 1.45. The Balaban J connectivity index is 1.64. The molecule has 0 atom stereocenters. The molecule has 1 aromatic carbocycles. The fourth-order valence-electron chi connectivity index (χ4n) is 2.79. The highest BCUT2D eigenvalue weighted by Gasteiger charge is 2.38. The van der Waals surface area contributed by atoms with Gasteiger partial charge in [-0.15, -0.1) is 0 Å². The molecule has 1 amide bonds. The van der Waals surface area contributed by atoms with Crippen LogP contribution in [-0.4, -0.2) is 37.2 Å². The number of hydrogen-bond acceptors (Lipinski definition) is 8. The lowest BCUT2D eigenvalue weighted by Gasteiger charge is -2.24. The van der Waals surface area contributed by atoms with Crippen LogP contribution in [0.15, 0.2) is 55.8 Å². The molecule has 2 aliphatic rings. The molecule has 30 heavy (non-hydrogen) atoms. The van der Waals surface area contributed by atoms with Gasteiger partial charge in [-0.2, -0.15) is 9.39 Å². The molecule has 4 rings (SSSR count). The van der Waals surface area contributed by atoms with Crippen molar-refractivity contribution in [3.8, 4) is 11.3 Å². The first-order valence-electron chi connectivity index (χ1n) is 8.83. The third-order valence-corrected chi connectivity index (χ3v) is 5.86. The summed E-state index contributed by atoms with van der Waals surface area (Å²) in [6.45, 7) is 4.03. The number of benzene rings is 1. The van der Waals surface area contributed by atoms with E-state index in [2.05, 4.69) is 9.39 Å². The number of thioether (sulfide) groups is 1. The molecule has 0 radical (unpaired) electrons. The summed E-state index contributed by atoms with van der Waals surface area (Å²) in [4.78, 5) is 28.6. The quantitative estimate of drug-likeness (QED) is 0.319. The minimum absolute atomic E-state index is 0.0183. The zero-order valence-corrected chi connectivity index (χ0v) is 17.5. The van der Waals surface area contributed by atoms with E-state index in [-0.39, 0.29) is 22.3 Å². The van der Waals surface area contributed by atoms with Crippen molar-refractivity contribution in [2.45, 2.75) is 19.1 Å². The average molecular weight is 441 g/mol. The third-order valence-electron chi connectivity index (χ3n) is 4.09. The molecule has 0 bridgehead atoms. The fourth-order valence-corrected chi connectivity index (χ4v) is 4.46. The second-order valence-corrected chi connectivity index (χ2v) is 8.86. The van der Waals surface area contributed by atoms with E-state index < -0.39 is 10.8 Å². The van der Waals surface area contributed by atoms with Crippen molar-refractivity contribution in [2.75, 3.05) is 0 Å². The maximum absolute atomic E-state index is 12.5. The first-order chi connectivity index (χ1) is 14.3. The molecule has 2 aliphatic heterocycles. The predicted molar refractivity (Wildman–Crippen MR) is 119 cm³/mol. The summed E-state index contributed by atoms with van der Waals surface area (Å²) in [5, 5.41) is 20.7. The third kappa shape index (κ3) is 3.81. The molecule has 1 N–H and O–H groups in total. The van der Waals surface area contributed by atoms with Crippen LogP contribution in [0.25, 0.3) is 17.4 Å². The first-order valence-corrected chi connectivity index (χ1v) is 10.5. The van der Waals surface area contributed by atoms with Crippen LogP contribution in [0, 0.1) is 15.5 Å². The Labute approximate surface area is 179 Å². The Kier molecular flexibility index (Phi) is 5.31. The van der Waals surface area contributed by atoms with E-state index in [9.17, 15) is 14.9 Å². The van der Waals surface area contributed by atoms with Gasteiger partial charge in [-0.3, -0.25) is 20.3 Å². The maximum atomic E-state index is 12.5. The minimum atomic E-state index is -0.543. The van der Waals surface area contributed by atoms with E-state index in [0.29, 0.717) is 27.4 Å². The summed E-state index contributed by atoms with van der Waals surface area (Å²) in [7, 11) is 0. The predicted octanol–water partition coefficient (Wildman–Crippen LogP) is 4.57. The van der Waals surface area contributed by atoms with Crippen molar-refractivity contribution in [1.29, 1.82) is 5.41 Å². The summed E-state index contributed by atoms with van der Waals surface area (Å²) in [5.41, 5.74) is 0.576. The number of carbonyl (C=O) groups excluding carboxylic acids is 1. The molecule has 0 spiro atoms. The van der Waals surface area contributed by atoms with Gasteiger partial charge in [-0.1, -0.05) is 37.7 Å². The number of nitro groups is 1. The Morgan fingerprint density at radius 2 is 2.13 bits per heavy atom. The highest BCUT2D eigenvalue weighted by molar-refractivity contribution is 8.19. The molecule has 3 heterocycles. The van der Waals surface area contributed by atoms with Crippen molar-refractivity contribution < 1.29 is 14.1 Å². The summed E-state index contributed by atoms with van der Waals surface area (Å²) >= 11 is 2.56. The molecule has 0 saturated heterocycles. The molecule has 2 aromatic rings. The topological polar surface area (TPSA) is 125 Å². The number of aliphatic imine (C=N–C) groups is 1. The smallest absolute Gasteiger partial charge is 0.283 e. The van der Waals surface area contributed by atoms with Crippen LogP contribution in [0.3, 0.4) is 0 Å². The van der Waals surface area contributed by atoms with E-state index in [1.165, 1.54) is 30.0 Å². The lowest BCUT2D eigenvalue weighted by Crippen LogP contribution is -2.41. The van der Waals surface area contributed by atoms with E-state index in [0.717, 1.165) is 11.9 Å². The maximum Gasteiger partial charge on any atom is 0.283 e. The number of carbonyl (C=O) groups is 1. The van der Waals surface area contributed by atoms with Gasteiger partial charge in [-0.05, 0) is 18.2 Å². The first kappa shape index (κ1) is 20.1. The second kappa shape index (κ2) is 7.92. The monoisotopic (exact) mass is 441 g/mol. The number of nitrogens with one attached hydrogen (secondary N) is 1. The molecule has 152 valence electrons. The lowest BCUT2D eigenvalue weighted by atomic mass is 10.1. The summed E-state index contributed by atoms with van der Waals surface area (Å²) in [6, 6.07) is 9.37. The number of furan rings is 1. The van der Waals surface area contributed by atoms with Gasteiger partial charge in [0.25, 0.3) is 11.6 Å². The standard InChI is InChI=1S/C19H15N5O4S2/c1-10(2)29-19-22-30-18-21-17(25)14(16(20)23(18)19)9-13-6-7-15(28-13)11-4-3-5-12(8-11)24(26)27/h3-10,20H,1-2H3/b14-9-,20-16?. The minimum Gasteiger partial charge on any atom is -0.457 e. The summed E-state index contributed by atoms with van der Waals surface area (Å²) in [5.74, 6) is 0.192. The van der Waals surface area contributed by atoms with E-state index in [1.54, 1.807) is 29.2 Å². The Morgan fingerprint density at radius 1 is 1.33 bits per heavy atom. The molecular weight excluding hydrogens is 426 g/mol. The lowest BCUT2D eigenvalue weighted by molar-refractivity contribution is -0.384. The molecule has 0 saturated carbocycles. The highest BCUT2D eigenvalue weighted by Crippen LogP contribution is 2.33. The van der Waals surface area contributed by atoms with Gasteiger partial charge >= 0.3 is 0 Å². The highest BCUT2D eigenvalue weighted by atomic mass is 32.2. The van der Waals surface area contributed by atoms with E-state index in [1.807, 2.05) is 13.8 Å². The average Bonchev–Trinajstić information content (AvgIpc) is 3.32. The van der Waals surface area contributed by atoms with Crippen molar-refractivity contribution in [3.05, 3.63) is 57.8 Å². The number of fused-ring (bicyclic) bond motifs is 1. The van der Waals surface area contributed by atoms with Gasteiger partial charge in [0.2, 0.25) is 5.17 Å². The van der Waals surface area contributed by atoms with Gasteiger partial charge in [0, 0.05) is 22.9 Å². The summed E-state index contributed by atoms with van der Waals surface area (Å²) < 4.78 is 10.1. The number of nitrogens with zero attached hydrogens (tertiary/aromatic N) is 4. The van der Waals surface area contributed by atoms with Crippen molar-refractivity contribution in [3.63, 3.8) is 0 Å². The number of rotatable bonds is 4. The van der Waals surface area contributed by atoms with Crippen LogP contribution in [0.5, 0.6) is 0 Å². The molecule has 0 unspecified atom stereocenters. The normalized spacial score (nSPS) is 17.4. The molecule has 0 fully saturated rings. The molecule has 1 aromatic heterocycles. The van der Waals surface area contributed by atoms with Crippen LogP contribution in [-0.2, 0) is 4.79 Å². The number of non-ortho nitro benzene ring substituents is 1. The van der Waals surface area contributed by atoms with Gasteiger partial charge < -0.3 is 4.42 Å². The van der Waals surface area contributed by atoms with E-state index >= 15 is 0 Å². The van der Waals surface area contributed by atoms with Gasteiger partial charge in [0.15, 0.2) is 5.17 Å². The molecule has 0 aliphatic carbocycles. The van der Waals surface area contributed by atoms with Crippen LogP contribution in [0.1, 0.15) is 19.6 Å². The SMILES string of the molecule is CC(C)SC1=NSC2=NC(=O)/C(=C\c3ccc(-c4cccc([N+](=O)[O-])c4)o3)C(=N)N21. The van der Waals surface area contributed by atoms with Gasteiger partial charge in [-0.25, -0.2) is 4.90 Å². The van der Waals surface area contributed by atoms with Crippen molar-refractivity contribution >= 4 is 57.6 Å². The van der Waals surface area contributed by atoms with Crippen molar-refractivity contribution in [2.24, 2.45) is 9.39 Å². The Morgan fingerprint density at radius 3 is 2.87 bits per heavy atom. The van der Waals surface area contributed by atoms with Gasteiger partial charge in [0.1, 0.15) is 17.4 Å². The molecule has 9 nitrogen and oxygen atoms in total.